The summed E-state index contributed by atoms with van der Waals surface area (Å²) in [5.74, 6) is 1.54. The Labute approximate surface area is 186 Å². The molecule has 1 aliphatic carbocycles. The van der Waals surface area contributed by atoms with Crippen molar-refractivity contribution in [1.29, 1.82) is 0 Å². The van der Waals surface area contributed by atoms with E-state index in [1.165, 1.54) is 19.3 Å². The van der Waals surface area contributed by atoms with Crippen LogP contribution in [0.3, 0.4) is 0 Å². The lowest BCUT2D eigenvalue weighted by atomic mass is 9.97. The minimum absolute atomic E-state index is 0.0585. The first-order valence-electron chi connectivity index (χ1n) is 11.3. The minimum Gasteiger partial charge on any atom is -0.490 e. The molecule has 1 aliphatic rings. The molecule has 164 valence electrons. The smallest absolute Gasteiger partial charge is 0.251 e. The predicted molar refractivity (Wildman–Crippen MR) is 124 cm³/mol. The Bertz CT molecular complexity index is 1280. The summed E-state index contributed by atoms with van der Waals surface area (Å²) in [6.07, 6.45) is 7.66. The van der Waals surface area contributed by atoms with Crippen LogP contribution in [0.4, 0.5) is 0 Å². The Morgan fingerprint density at radius 3 is 2.66 bits per heavy atom. The van der Waals surface area contributed by atoms with E-state index in [2.05, 4.69) is 16.2 Å². The Kier molecular flexibility index (Phi) is 5.52. The van der Waals surface area contributed by atoms with Crippen molar-refractivity contribution < 1.29 is 9.26 Å². The zero-order chi connectivity index (χ0) is 22.1. The molecule has 32 heavy (non-hydrogen) atoms. The molecular formula is C26H27N3O3. The maximum Gasteiger partial charge on any atom is 0.251 e. The van der Waals surface area contributed by atoms with Gasteiger partial charge in [0.05, 0.1) is 35.1 Å². The monoisotopic (exact) mass is 429 g/mol. The zero-order valence-electron chi connectivity index (χ0n) is 18.5. The van der Waals surface area contributed by atoms with Gasteiger partial charge in [-0.25, -0.2) is 0 Å². The third kappa shape index (κ3) is 3.93. The second-order valence-corrected chi connectivity index (χ2v) is 8.56. The van der Waals surface area contributed by atoms with Crippen LogP contribution in [0.2, 0.25) is 0 Å². The molecular weight excluding hydrogens is 402 g/mol. The van der Waals surface area contributed by atoms with E-state index >= 15 is 0 Å². The molecule has 0 atom stereocenters. The first-order chi connectivity index (χ1) is 15.6. The molecule has 0 bridgehead atoms. The first-order valence-corrected chi connectivity index (χ1v) is 11.3. The Hall–Kier alpha value is -3.41. The van der Waals surface area contributed by atoms with Gasteiger partial charge in [0.1, 0.15) is 11.5 Å². The summed E-state index contributed by atoms with van der Waals surface area (Å²) in [6.45, 7) is 4.28. The summed E-state index contributed by atoms with van der Waals surface area (Å²) >= 11 is 0. The molecule has 0 radical (unpaired) electrons. The van der Waals surface area contributed by atoms with E-state index < -0.39 is 0 Å². The number of pyridine rings is 2. The summed E-state index contributed by atoms with van der Waals surface area (Å²) in [4.78, 5) is 17.2. The number of benzene rings is 1. The van der Waals surface area contributed by atoms with Crippen molar-refractivity contribution in [2.24, 2.45) is 0 Å². The second kappa shape index (κ2) is 8.61. The van der Waals surface area contributed by atoms with Crippen LogP contribution >= 0.6 is 0 Å². The topological polar surface area (TPSA) is 70.2 Å². The van der Waals surface area contributed by atoms with Crippen molar-refractivity contribution in [2.75, 3.05) is 0 Å². The molecule has 0 amide bonds. The molecule has 1 saturated carbocycles. The third-order valence-electron chi connectivity index (χ3n) is 6.29. The number of hydrogen-bond donors (Lipinski definition) is 0. The van der Waals surface area contributed by atoms with Crippen molar-refractivity contribution >= 4 is 10.9 Å². The summed E-state index contributed by atoms with van der Waals surface area (Å²) < 4.78 is 13.8. The zero-order valence-corrected chi connectivity index (χ0v) is 18.5. The Morgan fingerprint density at radius 1 is 1.09 bits per heavy atom. The van der Waals surface area contributed by atoms with Crippen LogP contribution in [0.1, 0.15) is 49.3 Å². The maximum atomic E-state index is 12.8. The standard InChI is InChI=1S/C26H27N3O3/c1-17-26(18(2)32-28-17)22-14-19-11-12-25(30)29(16-20-8-6-7-13-27-20)23(19)15-24(22)31-21-9-4-3-5-10-21/h6-8,11-15,21H,3-5,9-10,16H2,1-2H3. The Morgan fingerprint density at radius 2 is 1.94 bits per heavy atom. The summed E-state index contributed by atoms with van der Waals surface area (Å²) in [5, 5.41) is 5.12. The van der Waals surface area contributed by atoms with Crippen LogP contribution in [0.25, 0.3) is 22.0 Å². The van der Waals surface area contributed by atoms with Crippen LogP contribution < -0.4 is 10.3 Å². The number of hydrogen-bond acceptors (Lipinski definition) is 5. The predicted octanol–water partition coefficient (Wildman–Crippen LogP) is 5.43. The summed E-state index contributed by atoms with van der Waals surface area (Å²) in [6, 6.07) is 13.3. The van der Waals surface area contributed by atoms with Gasteiger partial charge in [-0.3, -0.25) is 9.78 Å². The van der Waals surface area contributed by atoms with Gasteiger partial charge in [0.25, 0.3) is 5.56 Å². The van der Waals surface area contributed by atoms with Crippen molar-refractivity contribution in [1.82, 2.24) is 14.7 Å². The van der Waals surface area contributed by atoms with Gasteiger partial charge >= 0.3 is 0 Å². The molecule has 0 spiro atoms. The lowest BCUT2D eigenvalue weighted by Gasteiger charge is -2.25. The quantitative estimate of drug-likeness (QED) is 0.423. The average molecular weight is 430 g/mol. The summed E-state index contributed by atoms with van der Waals surface area (Å²) in [5.41, 5.74) is 4.37. The minimum atomic E-state index is -0.0585. The number of rotatable bonds is 5. The van der Waals surface area contributed by atoms with Crippen LogP contribution in [0.15, 0.2) is 58.0 Å². The number of fused-ring (bicyclic) bond motifs is 1. The van der Waals surface area contributed by atoms with Gasteiger partial charge in [-0.1, -0.05) is 17.6 Å². The number of nitrogens with zero attached hydrogens (tertiary/aromatic N) is 3. The van der Waals surface area contributed by atoms with Crippen molar-refractivity contribution in [3.05, 3.63) is 76.2 Å². The van der Waals surface area contributed by atoms with E-state index in [9.17, 15) is 4.79 Å². The molecule has 5 rings (SSSR count). The van der Waals surface area contributed by atoms with E-state index in [1.54, 1.807) is 16.8 Å². The van der Waals surface area contributed by atoms with Crippen LogP contribution in [-0.4, -0.2) is 20.8 Å². The van der Waals surface area contributed by atoms with Gasteiger partial charge in [-0.2, -0.15) is 0 Å². The molecule has 0 N–H and O–H groups in total. The largest absolute Gasteiger partial charge is 0.490 e. The van der Waals surface area contributed by atoms with Gasteiger partial charge < -0.3 is 13.8 Å². The molecule has 6 heteroatoms. The molecule has 0 aliphatic heterocycles. The molecule has 0 saturated heterocycles. The molecule has 1 fully saturated rings. The average Bonchev–Trinajstić information content (AvgIpc) is 3.15. The first kappa shape index (κ1) is 20.5. The van der Waals surface area contributed by atoms with E-state index in [1.807, 2.05) is 44.2 Å². The fourth-order valence-corrected chi connectivity index (χ4v) is 4.66. The molecule has 1 aromatic carbocycles. The number of aryl methyl sites for hydroxylation is 2. The van der Waals surface area contributed by atoms with E-state index in [4.69, 9.17) is 9.26 Å². The van der Waals surface area contributed by atoms with Crippen molar-refractivity contribution in [3.8, 4) is 16.9 Å². The number of ether oxygens (including phenoxy) is 1. The number of aromatic nitrogens is 3. The lowest BCUT2D eigenvalue weighted by molar-refractivity contribution is 0.156. The van der Waals surface area contributed by atoms with Gasteiger partial charge in [0.15, 0.2) is 0 Å². The van der Waals surface area contributed by atoms with E-state index in [0.29, 0.717) is 6.54 Å². The molecule has 0 unspecified atom stereocenters. The summed E-state index contributed by atoms with van der Waals surface area (Å²) in [7, 11) is 0. The van der Waals surface area contributed by atoms with Gasteiger partial charge in [0, 0.05) is 23.9 Å². The molecule has 3 heterocycles. The van der Waals surface area contributed by atoms with Crippen LogP contribution in [0.5, 0.6) is 5.75 Å². The highest BCUT2D eigenvalue weighted by molar-refractivity contribution is 5.89. The van der Waals surface area contributed by atoms with Gasteiger partial charge in [-0.05, 0) is 69.2 Å². The van der Waals surface area contributed by atoms with E-state index in [0.717, 1.165) is 57.8 Å². The second-order valence-electron chi connectivity index (χ2n) is 8.56. The third-order valence-corrected chi connectivity index (χ3v) is 6.29. The van der Waals surface area contributed by atoms with Crippen molar-refractivity contribution in [3.63, 3.8) is 0 Å². The van der Waals surface area contributed by atoms with Gasteiger partial charge in [-0.15, -0.1) is 0 Å². The van der Waals surface area contributed by atoms with Crippen LogP contribution in [-0.2, 0) is 6.54 Å². The van der Waals surface area contributed by atoms with Crippen LogP contribution in [0, 0.1) is 13.8 Å². The van der Waals surface area contributed by atoms with Gasteiger partial charge in [0.2, 0.25) is 0 Å². The SMILES string of the molecule is Cc1noc(C)c1-c1cc2ccc(=O)n(Cc3ccccn3)c2cc1OC1CCCCC1. The van der Waals surface area contributed by atoms with Crippen molar-refractivity contribution in [2.45, 2.75) is 58.6 Å². The lowest BCUT2D eigenvalue weighted by Crippen LogP contribution is -2.22. The fraction of sp³-hybridized carbons (Fsp3) is 0.346. The fourth-order valence-electron chi connectivity index (χ4n) is 4.66. The van der Waals surface area contributed by atoms with E-state index in [-0.39, 0.29) is 11.7 Å². The molecule has 4 aromatic rings. The normalized spacial score (nSPS) is 14.7. The molecule has 6 nitrogen and oxygen atoms in total. The Balaban J connectivity index is 1.68. The maximum absolute atomic E-state index is 12.8. The highest BCUT2D eigenvalue weighted by Crippen LogP contribution is 2.39. The highest BCUT2D eigenvalue weighted by Gasteiger charge is 2.22. The highest BCUT2D eigenvalue weighted by atomic mass is 16.5. The molecule has 3 aromatic heterocycles.